The Labute approximate surface area is 126 Å². The van der Waals surface area contributed by atoms with E-state index in [-0.39, 0.29) is 11.8 Å². The number of aromatic nitrogens is 1. The van der Waals surface area contributed by atoms with Gasteiger partial charge in [0.2, 0.25) is 0 Å². The summed E-state index contributed by atoms with van der Waals surface area (Å²) >= 11 is 0. The lowest BCUT2D eigenvalue weighted by atomic mass is 10.0. The van der Waals surface area contributed by atoms with Gasteiger partial charge in [-0.25, -0.2) is 0 Å². The molecule has 2 aromatic rings. The fraction of sp³-hybridized carbons (Fsp3) is 0.312. The minimum absolute atomic E-state index is 0.0516. The molecule has 0 bridgehead atoms. The van der Waals surface area contributed by atoms with E-state index in [0.717, 1.165) is 18.2 Å². The number of benzene rings is 1. The van der Waals surface area contributed by atoms with Gasteiger partial charge < -0.3 is 10.1 Å². The van der Waals surface area contributed by atoms with Crippen molar-refractivity contribution in [1.82, 2.24) is 10.3 Å². The van der Waals surface area contributed by atoms with E-state index in [2.05, 4.69) is 10.3 Å². The van der Waals surface area contributed by atoms with E-state index in [0.29, 0.717) is 18.7 Å². The van der Waals surface area contributed by atoms with Crippen molar-refractivity contribution in [3.8, 4) is 11.3 Å². The van der Waals surface area contributed by atoms with Crippen LogP contribution in [-0.4, -0.2) is 24.7 Å². The van der Waals surface area contributed by atoms with Crippen LogP contribution in [0.4, 0.5) is 13.2 Å². The molecule has 2 heterocycles. The Balaban J connectivity index is 1.90. The molecule has 1 aromatic heterocycles. The van der Waals surface area contributed by atoms with Gasteiger partial charge in [0, 0.05) is 24.8 Å². The lowest BCUT2D eigenvalue weighted by Crippen LogP contribution is -2.33. The first-order chi connectivity index (χ1) is 10.6. The molecule has 1 aliphatic heterocycles. The molecule has 22 heavy (non-hydrogen) atoms. The molecule has 1 atom stereocenters. The van der Waals surface area contributed by atoms with Crippen LogP contribution in [0.3, 0.4) is 0 Å². The van der Waals surface area contributed by atoms with E-state index < -0.39 is 11.7 Å². The number of nitrogens with one attached hydrogen (secondary N) is 1. The highest BCUT2D eigenvalue weighted by molar-refractivity contribution is 5.64. The number of pyridine rings is 1. The number of nitrogens with zero attached hydrogens (tertiary/aromatic N) is 1. The Morgan fingerprint density at radius 3 is 2.55 bits per heavy atom. The largest absolute Gasteiger partial charge is 0.418 e. The average molecular weight is 308 g/mol. The normalized spacial score (nSPS) is 19.1. The molecule has 3 rings (SSSR count). The van der Waals surface area contributed by atoms with Gasteiger partial charge in [-0.05, 0) is 17.7 Å². The van der Waals surface area contributed by atoms with Crippen molar-refractivity contribution in [1.29, 1.82) is 0 Å². The van der Waals surface area contributed by atoms with Gasteiger partial charge in [-0.1, -0.05) is 24.3 Å². The number of morpholine rings is 1. The van der Waals surface area contributed by atoms with Crippen molar-refractivity contribution in [3.05, 3.63) is 53.7 Å². The molecule has 6 heteroatoms. The SMILES string of the molecule is FC(F)(F)c1cccnc1-c1ccc(C2CNCCO2)cc1. The van der Waals surface area contributed by atoms with Crippen molar-refractivity contribution in [2.45, 2.75) is 12.3 Å². The molecule has 1 unspecified atom stereocenters. The molecular weight excluding hydrogens is 293 g/mol. The monoisotopic (exact) mass is 308 g/mol. The van der Waals surface area contributed by atoms with Crippen LogP contribution in [0.25, 0.3) is 11.3 Å². The second-order valence-corrected chi connectivity index (χ2v) is 5.08. The molecular formula is C16H15F3N2O. The lowest BCUT2D eigenvalue weighted by Gasteiger charge is -2.24. The molecule has 116 valence electrons. The van der Waals surface area contributed by atoms with Crippen molar-refractivity contribution in [2.75, 3.05) is 19.7 Å². The predicted octanol–water partition coefficient (Wildman–Crippen LogP) is 3.43. The van der Waals surface area contributed by atoms with E-state index in [1.807, 2.05) is 0 Å². The Bertz CT molecular complexity index is 635. The van der Waals surface area contributed by atoms with Gasteiger partial charge >= 0.3 is 6.18 Å². The molecule has 1 fully saturated rings. The number of halogens is 3. The minimum Gasteiger partial charge on any atom is -0.371 e. The Hall–Kier alpha value is -1.92. The second kappa shape index (κ2) is 6.06. The summed E-state index contributed by atoms with van der Waals surface area (Å²) in [6, 6.07) is 9.24. The zero-order valence-electron chi connectivity index (χ0n) is 11.7. The molecule has 0 aliphatic carbocycles. The van der Waals surface area contributed by atoms with Gasteiger partial charge in [-0.3, -0.25) is 4.98 Å². The fourth-order valence-corrected chi connectivity index (χ4v) is 2.50. The molecule has 1 aliphatic rings. The third kappa shape index (κ3) is 3.13. The highest BCUT2D eigenvalue weighted by Gasteiger charge is 2.34. The topological polar surface area (TPSA) is 34.2 Å². The predicted molar refractivity (Wildman–Crippen MR) is 76.2 cm³/mol. The zero-order chi connectivity index (χ0) is 15.6. The lowest BCUT2D eigenvalue weighted by molar-refractivity contribution is -0.137. The van der Waals surface area contributed by atoms with Crippen molar-refractivity contribution < 1.29 is 17.9 Å². The standard InChI is InChI=1S/C16H15F3N2O/c17-16(18,19)13-2-1-7-21-15(13)12-5-3-11(4-6-12)14-10-20-8-9-22-14/h1-7,14,20H,8-10H2. The van der Waals surface area contributed by atoms with Crippen LogP contribution in [0.2, 0.25) is 0 Å². The second-order valence-electron chi connectivity index (χ2n) is 5.08. The maximum absolute atomic E-state index is 13.0. The summed E-state index contributed by atoms with van der Waals surface area (Å²) in [5, 5.41) is 3.22. The number of alkyl halides is 3. The first kappa shape index (κ1) is 15.0. The highest BCUT2D eigenvalue weighted by atomic mass is 19.4. The molecule has 1 saturated heterocycles. The van der Waals surface area contributed by atoms with Gasteiger partial charge in [0.15, 0.2) is 0 Å². The number of rotatable bonds is 2. The summed E-state index contributed by atoms with van der Waals surface area (Å²) < 4.78 is 44.7. The van der Waals surface area contributed by atoms with Gasteiger partial charge in [-0.2, -0.15) is 13.2 Å². The third-order valence-electron chi connectivity index (χ3n) is 3.60. The maximum atomic E-state index is 13.0. The van der Waals surface area contributed by atoms with E-state index in [9.17, 15) is 13.2 Å². The molecule has 0 saturated carbocycles. The Morgan fingerprint density at radius 1 is 1.14 bits per heavy atom. The van der Waals surface area contributed by atoms with Crippen LogP contribution in [0.1, 0.15) is 17.2 Å². The molecule has 1 aromatic carbocycles. The smallest absolute Gasteiger partial charge is 0.371 e. The summed E-state index contributed by atoms with van der Waals surface area (Å²) in [4.78, 5) is 3.89. The van der Waals surface area contributed by atoms with Crippen LogP contribution < -0.4 is 5.32 Å². The molecule has 3 nitrogen and oxygen atoms in total. The Morgan fingerprint density at radius 2 is 1.91 bits per heavy atom. The van der Waals surface area contributed by atoms with Crippen LogP contribution in [-0.2, 0) is 10.9 Å². The number of hydrogen-bond acceptors (Lipinski definition) is 3. The summed E-state index contributed by atoms with van der Waals surface area (Å²) in [6.45, 7) is 2.15. The van der Waals surface area contributed by atoms with Crippen LogP contribution in [0, 0.1) is 0 Å². The third-order valence-corrected chi connectivity index (χ3v) is 3.60. The number of hydrogen-bond donors (Lipinski definition) is 1. The Kier molecular flexibility index (Phi) is 4.13. The van der Waals surface area contributed by atoms with E-state index in [1.165, 1.54) is 12.3 Å². The van der Waals surface area contributed by atoms with Crippen molar-refractivity contribution in [3.63, 3.8) is 0 Å². The van der Waals surface area contributed by atoms with Crippen molar-refractivity contribution >= 4 is 0 Å². The van der Waals surface area contributed by atoms with Gasteiger partial charge in [0.25, 0.3) is 0 Å². The van der Waals surface area contributed by atoms with Gasteiger partial charge in [-0.15, -0.1) is 0 Å². The first-order valence-electron chi connectivity index (χ1n) is 7.00. The fourth-order valence-electron chi connectivity index (χ4n) is 2.50. The van der Waals surface area contributed by atoms with Crippen LogP contribution >= 0.6 is 0 Å². The van der Waals surface area contributed by atoms with Crippen LogP contribution in [0.5, 0.6) is 0 Å². The molecule has 0 spiro atoms. The van der Waals surface area contributed by atoms with Gasteiger partial charge in [0.05, 0.1) is 24.0 Å². The summed E-state index contributed by atoms with van der Waals surface area (Å²) in [5.41, 5.74) is 0.614. The van der Waals surface area contributed by atoms with Crippen molar-refractivity contribution in [2.24, 2.45) is 0 Å². The quantitative estimate of drug-likeness (QED) is 0.923. The molecule has 0 amide bonds. The minimum atomic E-state index is -4.42. The molecule has 1 N–H and O–H groups in total. The van der Waals surface area contributed by atoms with E-state index in [1.54, 1.807) is 24.3 Å². The molecule has 0 radical (unpaired) electrons. The van der Waals surface area contributed by atoms with E-state index in [4.69, 9.17) is 4.74 Å². The zero-order valence-corrected chi connectivity index (χ0v) is 11.7. The van der Waals surface area contributed by atoms with Crippen LogP contribution in [0.15, 0.2) is 42.6 Å². The van der Waals surface area contributed by atoms with E-state index >= 15 is 0 Å². The number of ether oxygens (including phenoxy) is 1. The summed E-state index contributed by atoms with van der Waals surface area (Å²) in [5.74, 6) is 0. The van der Waals surface area contributed by atoms with Gasteiger partial charge in [0.1, 0.15) is 0 Å². The first-order valence-corrected chi connectivity index (χ1v) is 7.00. The summed E-state index contributed by atoms with van der Waals surface area (Å²) in [7, 11) is 0. The average Bonchev–Trinajstić information content (AvgIpc) is 2.55. The maximum Gasteiger partial charge on any atom is 0.418 e. The highest BCUT2D eigenvalue weighted by Crippen LogP contribution is 2.36. The summed E-state index contributed by atoms with van der Waals surface area (Å²) in [6.07, 6.45) is -3.11.